The molecule has 2 rings (SSSR count). The van der Waals surface area contributed by atoms with Crippen LogP contribution in [0.25, 0.3) is 0 Å². The number of hydrazine groups is 1. The van der Waals surface area contributed by atoms with E-state index in [1.807, 2.05) is 56.3 Å². The Morgan fingerprint density at radius 1 is 1.11 bits per heavy atom. The van der Waals surface area contributed by atoms with Crippen LogP contribution < -0.4 is 21.1 Å². The molecule has 0 saturated carbocycles. The van der Waals surface area contributed by atoms with Crippen LogP contribution in [0.1, 0.15) is 31.0 Å². The third-order valence-corrected chi connectivity index (χ3v) is 4.11. The minimum Gasteiger partial charge on any atom is -0.384 e. The van der Waals surface area contributed by atoms with Gasteiger partial charge in [-0.3, -0.25) is 4.79 Å². The summed E-state index contributed by atoms with van der Waals surface area (Å²) in [6, 6.07) is 11.8. The van der Waals surface area contributed by atoms with Crippen molar-refractivity contribution in [3.05, 3.63) is 47.7 Å². The first-order chi connectivity index (χ1) is 12.4. The molecular formula is C20H30ClN5O. The van der Waals surface area contributed by atoms with E-state index in [2.05, 4.69) is 16.5 Å². The van der Waals surface area contributed by atoms with E-state index in [0.717, 1.165) is 48.4 Å². The van der Waals surface area contributed by atoms with Gasteiger partial charge in [0.25, 0.3) is 0 Å². The quantitative estimate of drug-likeness (QED) is 0.533. The Hall–Kier alpha value is -2.31. The molecular weight excluding hydrogens is 362 g/mol. The Morgan fingerprint density at radius 3 is 2.30 bits per heavy atom. The topological polar surface area (TPSA) is 74.5 Å². The van der Waals surface area contributed by atoms with E-state index < -0.39 is 0 Å². The van der Waals surface area contributed by atoms with Crippen LogP contribution >= 0.6 is 12.4 Å². The van der Waals surface area contributed by atoms with E-state index in [1.165, 1.54) is 0 Å². The molecule has 3 N–H and O–H groups in total. The van der Waals surface area contributed by atoms with Crippen molar-refractivity contribution in [1.82, 2.24) is 10.4 Å². The van der Waals surface area contributed by atoms with Crippen molar-refractivity contribution in [2.45, 2.75) is 33.1 Å². The molecule has 0 unspecified atom stereocenters. The number of halogens is 1. The van der Waals surface area contributed by atoms with Gasteiger partial charge < -0.3 is 10.6 Å². The summed E-state index contributed by atoms with van der Waals surface area (Å²) < 4.78 is 0. The first kappa shape index (κ1) is 22.7. The highest BCUT2D eigenvalue weighted by molar-refractivity contribution is 5.90. The molecule has 1 aromatic carbocycles. The summed E-state index contributed by atoms with van der Waals surface area (Å²) in [4.78, 5) is 18.3. The maximum atomic E-state index is 12.0. The van der Waals surface area contributed by atoms with Gasteiger partial charge in [0.1, 0.15) is 5.82 Å². The summed E-state index contributed by atoms with van der Waals surface area (Å²) in [5.74, 6) is 0.540. The van der Waals surface area contributed by atoms with Gasteiger partial charge >= 0.3 is 0 Å². The van der Waals surface area contributed by atoms with Gasteiger partial charge in [0.05, 0.1) is 5.69 Å². The Balaban J connectivity index is 0.00000364. The molecule has 0 aliphatic heterocycles. The number of aromatic nitrogens is 1. The summed E-state index contributed by atoms with van der Waals surface area (Å²) >= 11 is 0. The lowest BCUT2D eigenvalue weighted by Crippen LogP contribution is -2.42. The molecule has 148 valence electrons. The summed E-state index contributed by atoms with van der Waals surface area (Å²) in [5, 5.41) is 1.60. The number of nitrogens with one attached hydrogen (secondary N) is 1. The number of anilines is 3. The van der Waals surface area contributed by atoms with Crippen molar-refractivity contribution < 1.29 is 4.79 Å². The fraction of sp³-hybridized carbons (Fsp3) is 0.400. The van der Waals surface area contributed by atoms with E-state index in [1.54, 1.807) is 11.9 Å². The van der Waals surface area contributed by atoms with Crippen molar-refractivity contribution in [3.63, 3.8) is 0 Å². The molecule has 0 saturated heterocycles. The number of benzene rings is 1. The van der Waals surface area contributed by atoms with Gasteiger partial charge in [-0.2, -0.15) is 0 Å². The molecule has 7 heteroatoms. The predicted molar refractivity (Wildman–Crippen MR) is 116 cm³/mol. The lowest BCUT2D eigenvalue weighted by molar-refractivity contribution is -0.117. The molecule has 1 aromatic heterocycles. The van der Waals surface area contributed by atoms with Crippen LogP contribution in [0.3, 0.4) is 0 Å². The lowest BCUT2D eigenvalue weighted by Gasteiger charge is -2.23. The van der Waals surface area contributed by atoms with Gasteiger partial charge in [0.2, 0.25) is 5.91 Å². The van der Waals surface area contributed by atoms with Crippen molar-refractivity contribution in [2.24, 2.45) is 0 Å². The van der Waals surface area contributed by atoms with Crippen LogP contribution in [0, 0.1) is 6.92 Å². The van der Waals surface area contributed by atoms with Gasteiger partial charge in [0.15, 0.2) is 0 Å². The number of carbonyl (C=O) groups excluding carboxylic acids is 1. The second-order valence-corrected chi connectivity index (χ2v) is 6.69. The molecule has 27 heavy (non-hydrogen) atoms. The Bertz CT molecular complexity index is 713. The normalized spacial score (nSPS) is 10.2. The SMILES string of the molecule is CC(=O)N(NCCCCc1cc(C)cc(N)n1)c1ccc(N(C)C)cc1.Cl. The van der Waals surface area contributed by atoms with Crippen LogP contribution in [0.15, 0.2) is 36.4 Å². The highest BCUT2D eigenvalue weighted by Crippen LogP contribution is 2.18. The molecule has 0 aliphatic carbocycles. The summed E-state index contributed by atoms with van der Waals surface area (Å²) in [6.07, 6.45) is 2.80. The van der Waals surface area contributed by atoms with Gasteiger partial charge in [-0.05, 0) is 68.1 Å². The third kappa shape index (κ3) is 7.07. The summed E-state index contributed by atoms with van der Waals surface area (Å²) in [7, 11) is 3.99. The minimum atomic E-state index is -0.0317. The molecule has 0 aliphatic rings. The van der Waals surface area contributed by atoms with Crippen molar-refractivity contribution in [2.75, 3.05) is 36.3 Å². The van der Waals surface area contributed by atoms with E-state index in [4.69, 9.17) is 5.73 Å². The average Bonchev–Trinajstić information content (AvgIpc) is 2.57. The number of rotatable bonds is 8. The van der Waals surface area contributed by atoms with Crippen molar-refractivity contribution >= 4 is 35.5 Å². The summed E-state index contributed by atoms with van der Waals surface area (Å²) in [6.45, 7) is 4.30. The number of aryl methyl sites for hydroxylation is 2. The smallest absolute Gasteiger partial charge is 0.238 e. The first-order valence-electron chi connectivity index (χ1n) is 8.91. The largest absolute Gasteiger partial charge is 0.384 e. The van der Waals surface area contributed by atoms with E-state index in [-0.39, 0.29) is 18.3 Å². The van der Waals surface area contributed by atoms with Crippen LogP contribution in [0.2, 0.25) is 0 Å². The number of hydrogen-bond donors (Lipinski definition) is 2. The van der Waals surface area contributed by atoms with Crippen LogP contribution in [0.5, 0.6) is 0 Å². The van der Waals surface area contributed by atoms with Gasteiger partial charge in [-0.1, -0.05) is 0 Å². The van der Waals surface area contributed by atoms with Gasteiger partial charge in [0, 0.05) is 38.9 Å². The van der Waals surface area contributed by atoms with E-state index >= 15 is 0 Å². The third-order valence-electron chi connectivity index (χ3n) is 4.11. The zero-order chi connectivity index (χ0) is 19.1. The van der Waals surface area contributed by atoms with E-state index in [9.17, 15) is 4.79 Å². The predicted octanol–water partition coefficient (Wildman–Crippen LogP) is 3.34. The number of nitrogen functional groups attached to an aromatic ring is 1. The van der Waals surface area contributed by atoms with E-state index in [0.29, 0.717) is 5.82 Å². The van der Waals surface area contributed by atoms with Crippen LogP contribution in [0.4, 0.5) is 17.2 Å². The molecule has 0 bridgehead atoms. The fourth-order valence-corrected chi connectivity index (χ4v) is 2.80. The van der Waals surface area contributed by atoms with Gasteiger partial charge in [-0.25, -0.2) is 15.4 Å². The molecule has 0 fully saturated rings. The number of amides is 1. The second kappa shape index (κ2) is 10.7. The molecule has 2 aromatic rings. The van der Waals surface area contributed by atoms with Crippen LogP contribution in [-0.4, -0.2) is 31.5 Å². The number of nitrogens with zero attached hydrogens (tertiary/aromatic N) is 3. The number of unbranched alkanes of at least 4 members (excludes halogenated alkanes) is 1. The molecule has 0 spiro atoms. The highest BCUT2D eigenvalue weighted by atomic mass is 35.5. The first-order valence-corrected chi connectivity index (χ1v) is 8.91. The molecule has 0 radical (unpaired) electrons. The van der Waals surface area contributed by atoms with Gasteiger partial charge in [-0.15, -0.1) is 12.4 Å². The maximum Gasteiger partial charge on any atom is 0.238 e. The second-order valence-electron chi connectivity index (χ2n) is 6.69. The fourth-order valence-electron chi connectivity index (χ4n) is 2.80. The Labute approximate surface area is 168 Å². The highest BCUT2D eigenvalue weighted by Gasteiger charge is 2.11. The molecule has 1 amide bonds. The summed E-state index contributed by atoms with van der Waals surface area (Å²) in [5.41, 5.74) is 13.1. The Morgan fingerprint density at radius 2 is 1.74 bits per heavy atom. The monoisotopic (exact) mass is 391 g/mol. The molecule has 0 atom stereocenters. The minimum absolute atomic E-state index is 0. The standard InChI is InChI=1S/C20H29N5O.ClH/c1-15-13-17(23-20(21)14-15)7-5-6-12-22-25(16(2)26)19-10-8-18(9-11-19)24(3)4;/h8-11,13-14,22H,5-7,12H2,1-4H3,(H2,21,23);1H. The zero-order valence-corrected chi connectivity index (χ0v) is 17.3. The number of carbonyl (C=O) groups is 1. The number of nitrogens with two attached hydrogens (primary N) is 1. The number of hydrogen-bond acceptors (Lipinski definition) is 5. The number of pyridine rings is 1. The zero-order valence-electron chi connectivity index (χ0n) is 16.5. The average molecular weight is 392 g/mol. The van der Waals surface area contributed by atoms with Crippen molar-refractivity contribution in [1.29, 1.82) is 0 Å². The molecule has 6 nitrogen and oxygen atoms in total. The van der Waals surface area contributed by atoms with Crippen molar-refractivity contribution in [3.8, 4) is 0 Å². The lowest BCUT2D eigenvalue weighted by atomic mass is 10.1. The van der Waals surface area contributed by atoms with Crippen LogP contribution in [-0.2, 0) is 11.2 Å². The molecule has 1 heterocycles. The Kier molecular flexibility index (Phi) is 9.05. The maximum absolute atomic E-state index is 12.0.